The summed E-state index contributed by atoms with van der Waals surface area (Å²) >= 11 is 0. The summed E-state index contributed by atoms with van der Waals surface area (Å²) in [5.74, 6) is 0.377. The predicted molar refractivity (Wildman–Crippen MR) is 88.4 cm³/mol. The third-order valence-corrected chi connectivity index (χ3v) is 4.19. The minimum atomic E-state index is -0.559. The van der Waals surface area contributed by atoms with Crippen molar-refractivity contribution < 1.29 is 9.90 Å². The lowest BCUT2D eigenvalue weighted by atomic mass is 9.81. The number of fused-ring (bicyclic) bond motifs is 1. The number of carbonyl (C=O) groups is 1. The number of nitrogens with one attached hydrogen (secondary N) is 2. The van der Waals surface area contributed by atoms with Crippen LogP contribution < -0.4 is 10.6 Å². The Morgan fingerprint density at radius 3 is 3.04 bits per heavy atom. The number of amides is 1. The molecule has 1 amide bonds. The fraction of sp³-hybridized carbons (Fsp3) is 0.500. The van der Waals surface area contributed by atoms with Crippen molar-refractivity contribution in [3.05, 3.63) is 35.9 Å². The molecule has 1 atom stereocenters. The van der Waals surface area contributed by atoms with E-state index in [-0.39, 0.29) is 18.3 Å². The van der Waals surface area contributed by atoms with Crippen molar-refractivity contribution >= 4 is 11.9 Å². The zero-order valence-electron chi connectivity index (χ0n) is 13.9. The Morgan fingerprint density at radius 1 is 1.54 bits per heavy atom. The molecule has 1 aliphatic heterocycles. The normalized spacial score (nSPS) is 15.3. The van der Waals surface area contributed by atoms with Gasteiger partial charge in [0, 0.05) is 30.9 Å². The van der Waals surface area contributed by atoms with Gasteiger partial charge in [0.1, 0.15) is 0 Å². The summed E-state index contributed by atoms with van der Waals surface area (Å²) < 4.78 is 1.70. The second-order valence-electron chi connectivity index (χ2n) is 6.60. The molecule has 1 aliphatic rings. The van der Waals surface area contributed by atoms with Crippen molar-refractivity contribution in [1.82, 2.24) is 25.1 Å². The Bertz CT molecular complexity index is 689. The van der Waals surface area contributed by atoms with Gasteiger partial charge in [-0.25, -0.2) is 4.68 Å². The van der Waals surface area contributed by atoms with E-state index >= 15 is 0 Å². The third-order valence-electron chi connectivity index (χ3n) is 4.19. The summed E-state index contributed by atoms with van der Waals surface area (Å²) in [7, 11) is 0. The Kier molecular flexibility index (Phi) is 4.48. The number of aromatic nitrogens is 4. The van der Waals surface area contributed by atoms with E-state index in [9.17, 15) is 9.90 Å². The Balaban J connectivity index is 1.84. The average molecular weight is 330 g/mol. The molecule has 2 aromatic rings. The highest BCUT2D eigenvalue weighted by molar-refractivity contribution is 5.91. The van der Waals surface area contributed by atoms with E-state index in [0.717, 1.165) is 25.1 Å². The van der Waals surface area contributed by atoms with Gasteiger partial charge in [-0.1, -0.05) is 19.9 Å². The van der Waals surface area contributed by atoms with E-state index < -0.39 is 11.5 Å². The molecule has 8 heteroatoms. The summed E-state index contributed by atoms with van der Waals surface area (Å²) in [5.41, 5.74) is 0.267. The quantitative estimate of drug-likeness (QED) is 0.755. The van der Waals surface area contributed by atoms with Gasteiger partial charge in [-0.05, 0) is 18.1 Å². The summed E-state index contributed by atoms with van der Waals surface area (Å²) in [6.45, 7) is 5.27. The lowest BCUT2D eigenvalue weighted by molar-refractivity contribution is 0.0798. The molecule has 0 saturated heterocycles. The molecular formula is C16H22N6O2. The average Bonchev–Trinajstić information content (AvgIpc) is 3.04. The SMILES string of the molecule is CC(C)(CO)C(NC(=O)c1nc2n(n1)CCCN2)c1cccnc1. The van der Waals surface area contributed by atoms with Crippen molar-refractivity contribution in [3.8, 4) is 0 Å². The zero-order valence-corrected chi connectivity index (χ0v) is 13.9. The summed E-state index contributed by atoms with van der Waals surface area (Å²) in [6, 6.07) is 3.28. The molecule has 0 aromatic carbocycles. The van der Waals surface area contributed by atoms with Crippen LogP contribution in [0, 0.1) is 5.41 Å². The summed E-state index contributed by atoms with van der Waals surface area (Å²) in [6.07, 6.45) is 4.31. The number of nitrogens with zero attached hydrogens (tertiary/aromatic N) is 4. The van der Waals surface area contributed by atoms with Crippen molar-refractivity contribution in [2.45, 2.75) is 32.9 Å². The molecule has 3 rings (SSSR count). The number of carbonyl (C=O) groups excluding carboxylic acids is 1. The van der Waals surface area contributed by atoms with Gasteiger partial charge in [0.25, 0.3) is 5.91 Å². The minimum absolute atomic E-state index is 0.0818. The highest BCUT2D eigenvalue weighted by Gasteiger charge is 2.33. The predicted octanol–water partition coefficient (Wildman–Crippen LogP) is 0.978. The molecule has 0 saturated carbocycles. The van der Waals surface area contributed by atoms with Crippen molar-refractivity contribution in [1.29, 1.82) is 0 Å². The minimum Gasteiger partial charge on any atom is -0.396 e. The zero-order chi connectivity index (χ0) is 17.2. The maximum absolute atomic E-state index is 12.6. The van der Waals surface area contributed by atoms with E-state index in [0.29, 0.717) is 5.95 Å². The second kappa shape index (κ2) is 6.56. The second-order valence-corrected chi connectivity index (χ2v) is 6.60. The van der Waals surface area contributed by atoms with Gasteiger partial charge >= 0.3 is 0 Å². The van der Waals surface area contributed by atoms with E-state index in [1.807, 2.05) is 19.9 Å². The van der Waals surface area contributed by atoms with Crippen LogP contribution in [0.1, 0.15) is 42.5 Å². The van der Waals surface area contributed by atoms with Crippen LogP contribution in [0.5, 0.6) is 0 Å². The monoisotopic (exact) mass is 330 g/mol. The van der Waals surface area contributed by atoms with Gasteiger partial charge in [0.05, 0.1) is 12.6 Å². The largest absolute Gasteiger partial charge is 0.396 e. The summed E-state index contributed by atoms with van der Waals surface area (Å²) in [5, 5.41) is 20.1. The first-order chi connectivity index (χ1) is 11.5. The van der Waals surface area contributed by atoms with E-state index in [4.69, 9.17) is 0 Å². The van der Waals surface area contributed by atoms with Gasteiger partial charge in [-0.15, -0.1) is 5.10 Å². The molecule has 8 nitrogen and oxygen atoms in total. The van der Waals surface area contributed by atoms with Gasteiger partial charge in [0.15, 0.2) is 0 Å². The van der Waals surface area contributed by atoms with Crippen LogP contribution in [0.2, 0.25) is 0 Å². The molecule has 2 aromatic heterocycles. The molecular weight excluding hydrogens is 308 g/mol. The lowest BCUT2D eigenvalue weighted by Crippen LogP contribution is -2.40. The number of aliphatic hydroxyl groups excluding tert-OH is 1. The Morgan fingerprint density at radius 2 is 2.38 bits per heavy atom. The molecule has 3 N–H and O–H groups in total. The molecule has 1 unspecified atom stereocenters. The molecule has 0 bridgehead atoms. The van der Waals surface area contributed by atoms with Gasteiger partial charge in [-0.2, -0.15) is 4.98 Å². The first-order valence-electron chi connectivity index (χ1n) is 8.01. The Labute approximate surface area is 140 Å². The number of pyridine rings is 1. The van der Waals surface area contributed by atoms with Crippen LogP contribution >= 0.6 is 0 Å². The maximum Gasteiger partial charge on any atom is 0.291 e. The number of aryl methyl sites for hydroxylation is 1. The molecule has 24 heavy (non-hydrogen) atoms. The number of aliphatic hydroxyl groups is 1. The lowest BCUT2D eigenvalue weighted by Gasteiger charge is -2.33. The van der Waals surface area contributed by atoms with Crippen molar-refractivity contribution in [3.63, 3.8) is 0 Å². The van der Waals surface area contributed by atoms with Crippen LogP contribution in [0.25, 0.3) is 0 Å². The third kappa shape index (κ3) is 3.23. The fourth-order valence-electron chi connectivity index (χ4n) is 2.72. The Hall–Kier alpha value is -2.48. The number of anilines is 1. The van der Waals surface area contributed by atoms with Crippen molar-refractivity contribution in [2.24, 2.45) is 5.41 Å². The highest BCUT2D eigenvalue weighted by atomic mass is 16.3. The fourth-order valence-corrected chi connectivity index (χ4v) is 2.72. The number of hydrogen-bond acceptors (Lipinski definition) is 6. The summed E-state index contributed by atoms with van der Waals surface area (Å²) in [4.78, 5) is 21.0. The van der Waals surface area contributed by atoms with Gasteiger partial charge < -0.3 is 15.7 Å². The first kappa shape index (κ1) is 16.4. The highest BCUT2D eigenvalue weighted by Crippen LogP contribution is 2.32. The van der Waals surface area contributed by atoms with Gasteiger partial charge in [0.2, 0.25) is 11.8 Å². The number of rotatable bonds is 5. The van der Waals surface area contributed by atoms with E-state index in [2.05, 4.69) is 25.7 Å². The molecule has 0 radical (unpaired) electrons. The molecule has 0 spiro atoms. The smallest absolute Gasteiger partial charge is 0.291 e. The number of hydrogen-bond donors (Lipinski definition) is 3. The maximum atomic E-state index is 12.6. The first-order valence-corrected chi connectivity index (χ1v) is 8.01. The van der Waals surface area contributed by atoms with Crippen LogP contribution in [0.4, 0.5) is 5.95 Å². The van der Waals surface area contributed by atoms with Crippen LogP contribution in [0.15, 0.2) is 24.5 Å². The topological polar surface area (TPSA) is 105 Å². The van der Waals surface area contributed by atoms with Crippen LogP contribution in [-0.2, 0) is 6.54 Å². The van der Waals surface area contributed by atoms with Crippen LogP contribution in [0.3, 0.4) is 0 Å². The van der Waals surface area contributed by atoms with Gasteiger partial charge in [-0.3, -0.25) is 9.78 Å². The standard InChI is InChI=1S/C16H22N6O2/c1-16(2,10-23)12(11-5-3-6-17-9-11)19-14(24)13-20-15-18-7-4-8-22(15)21-13/h3,5-6,9,12,23H,4,7-8,10H2,1-2H3,(H,19,24)(H,18,20,21). The molecule has 3 heterocycles. The van der Waals surface area contributed by atoms with Crippen LogP contribution in [-0.4, -0.2) is 43.9 Å². The van der Waals surface area contributed by atoms with E-state index in [1.165, 1.54) is 0 Å². The molecule has 0 aliphatic carbocycles. The molecule has 0 fully saturated rings. The molecule has 128 valence electrons. The van der Waals surface area contributed by atoms with Crippen molar-refractivity contribution in [2.75, 3.05) is 18.5 Å². The van der Waals surface area contributed by atoms with E-state index in [1.54, 1.807) is 23.1 Å².